The Morgan fingerprint density at radius 2 is 1.67 bits per heavy atom. The maximum Gasteiger partial charge on any atom is 0.309 e. The van der Waals surface area contributed by atoms with Gasteiger partial charge in [0.25, 0.3) is 0 Å². The van der Waals surface area contributed by atoms with E-state index in [4.69, 9.17) is 4.74 Å². The van der Waals surface area contributed by atoms with Gasteiger partial charge in [-0.2, -0.15) is 0 Å². The Morgan fingerprint density at radius 1 is 1.14 bits per heavy atom. The first-order valence-electron chi connectivity index (χ1n) is 7.42. The lowest BCUT2D eigenvalue weighted by atomic mass is 9.72. The number of rotatable bonds is 7. The highest BCUT2D eigenvalue weighted by atomic mass is 32.2. The van der Waals surface area contributed by atoms with Gasteiger partial charge in [0.15, 0.2) is 0 Å². The minimum absolute atomic E-state index is 0.0234. The third-order valence-electron chi connectivity index (χ3n) is 3.19. The molecule has 0 bridgehead atoms. The number of ether oxygens (including phenoxy) is 1. The molecule has 1 N–H and O–H groups in total. The average molecular weight is 321 g/mol. The molecule has 1 unspecified atom stereocenters. The van der Waals surface area contributed by atoms with Crippen molar-refractivity contribution in [2.24, 2.45) is 16.7 Å². The second-order valence-electron chi connectivity index (χ2n) is 7.65. The quantitative estimate of drug-likeness (QED) is 0.578. The van der Waals surface area contributed by atoms with Crippen LogP contribution >= 0.6 is 0 Å². The Hall–Kier alpha value is -0.620. The van der Waals surface area contributed by atoms with Gasteiger partial charge in [0.1, 0.15) is 6.61 Å². The molecule has 0 amide bonds. The van der Waals surface area contributed by atoms with Crippen LogP contribution < -0.4 is 4.72 Å². The molecule has 0 heterocycles. The van der Waals surface area contributed by atoms with E-state index in [1.165, 1.54) is 0 Å². The van der Waals surface area contributed by atoms with Crippen molar-refractivity contribution in [2.45, 2.75) is 54.9 Å². The maximum atomic E-state index is 12.3. The minimum atomic E-state index is -3.24. The van der Waals surface area contributed by atoms with Crippen LogP contribution in [0.1, 0.15) is 54.9 Å². The van der Waals surface area contributed by atoms with Gasteiger partial charge in [-0.3, -0.25) is 4.79 Å². The maximum absolute atomic E-state index is 12.3. The first-order valence-corrected chi connectivity index (χ1v) is 9.08. The molecular weight excluding hydrogens is 290 g/mol. The number of nitrogens with one attached hydrogen (secondary N) is 1. The Labute approximate surface area is 129 Å². The number of esters is 1. The van der Waals surface area contributed by atoms with E-state index < -0.39 is 10.0 Å². The Kier molecular flexibility index (Phi) is 7.36. The lowest BCUT2D eigenvalue weighted by Crippen LogP contribution is -2.35. The summed E-state index contributed by atoms with van der Waals surface area (Å²) in [6.45, 7) is 14.1. The first kappa shape index (κ1) is 20.4. The van der Waals surface area contributed by atoms with Crippen LogP contribution in [0.5, 0.6) is 0 Å². The normalized spacial score (nSPS) is 14.8. The monoisotopic (exact) mass is 321 g/mol. The van der Waals surface area contributed by atoms with Crippen LogP contribution in [0.15, 0.2) is 0 Å². The topological polar surface area (TPSA) is 72.5 Å². The van der Waals surface area contributed by atoms with Gasteiger partial charge in [0.2, 0.25) is 10.0 Å². The summed E-state index contributed by atoms with van der Waals surface area (Å²) < 4.78 is 30.2. The standard InChI is InChI=1S/C15H31NO4S/c1-8-21(18,19)16-9-10-20-13(17)12(15(5,6)7)11-14(2,3)4/h12,16H,8-11H2,1-7H3. The van der Waals surface area contributed by atoms with E-state index >= 15 is 0 Å². The Balaban J connectivity index is 4.51. The van der Waals surface area contributed by atoms with Crippen LogP contribution in [0.4, 0.5) is 0 Å². The molecule has 0 aromatic rings. The van der Waals surface area contributed by atoms with E-state index in [0.717, 1.165) is 6.42 Å². The summed E-state index contributed by atoms with van der Waals surface area (Å²) in [6.07, 6.45) is 0.732. The van der Waals surface area contributed by atoms with E-state index in [9.17, 15) is 13.2 Å². The van der Waals surface area contributed by atoms with Crippen molar-refractivity contribution < 1.29 is 17.9 Å². The van der Waals surface area contributed by atoms with E-state index in [0.29, 0.717) is 0 Å². The number of carbonyl (C=O) groups excluding carboxylic acids is 1. The van der Waals surface area contributed by atoms with Gasteiger partial charge in [-0.1, -0.05) is 41.5 Å². The second-order valence-corrected chi connectivity index (χ2v) is 9.74. The zero-order valence-electron chi connectivity index (χ0n) is 14.4. The third kappa shape index (κ3) is 9.09. The van der Waals surface area contributed by atoms with Crippen molar-refractivity contribution in [3.63, 3.8) is 0 Å². The van der Waals surface area contributed by atoms with Crippen molar-refractivity contribution in [3.05, 3.63) is 0 Å². The molecule has 0 rings (SSSR count). The molecule has 0 aliphatic carbocycles. The van der Waals surface area contributed by atoms with Crippen LogP contribution in [-0.4, -0.2) is 33.3 Å². The molecule has 21 heavy (non-hydrogen) atoms. The zero-order valence-corrected chi connectivity index (χ0v) is 15.3. The molecule has 0 saturated carbocycles. The molecule has 126 valence electrons. The predicted molar refractivity (Wildman–Crippen MR) is 85.4 cm³/mol. The summed E-state index contributed by atoms with van der Waals surface area (Å²) in [5.74, 6) is -0.441. The minimum Gasteiger partial charge on any atom is -0.464 e. The number of hydrogen-bond acceptors (Lipinski definition) is 4. The van der Waals surface area contributed by atoms with Crippen molar-refractivity contribution in [2.75, 3.05) is 18.9 Å². The van der Waals surface area contributed by atoms with Crippen LogP contribution in [0.3, 0.4) is 0 Å². The average Bonchev–Trinajstić information content (AvgIpc) is 2.29. The molecular formula is C15H31NO4S. The number of sulfonamides is 1. The summed E-state index contributed by atoms with van der Waals surface area (Å²) in [7, 11) is -3.24. The molecule has 0 radical (unpaired) electrons. The van der Waals surface area contributed by atoms with Gasteiger partial charge in [-0.15, -0.1) is 0 Å². The van der Waals surface area contributed by atoms with Gasteiger partial charge in [0, 0.05) is 6.54 Å². The lowest BCUT2D eigenvalue weighted by molar-refractivity contribution is -0.153. The lowest BCUT2D eigenvalue weighted by Gasteiger charge is -2.33. The van der Waals surface area contributed by atoms with E-state index in [2.05, 4.69) is 25.5 Å². The number of hydrogen-bond donors (Lipinski definition) is 1. The van der Waals surface area contributed by atoms with Gasteiger partial charge < -0.3 is 4.74 Å². The molecule has 0 aliphatic heterocycles. The van der Waals surface area contributed by atoms with E-state index in [-0.39, 0.29) is 41.6 Å². The van der Waals surface area contributed by atoms with Gasteiger partial charge in [0.05, 0.1) is 11.7 Å². The highest BCUT2D eigenvalue weighted by Gasteiger charge is 2.35. The predicted octanol–water partition coefficient (Wildman–Crippen LogP) is 2.57. The fraction of sp³-hybridized carbons (Fsp3) is 0.933. The van der Waals surface area contributed by atoms with Crippen LogP contribution in [-0.2, 0) is 19.6 Å². The van der Waals surface area contributed by atoms with Crippen molar-refractivity contribution in [1.82, 2.24) is 4.72 Å². The van der Waals surface area contributed by atoms with Crippen LogP contribution in [0.2, 0.25) is 0 Å². The molecule has 0 spiro atoms. The smallest absolute Gasteiger partial charge is 0.309 e. The summed E-state index contributed by atoms with van der Waals surface area (Å²) in [4.78, 5) is 12.3. The Morgan fingerprint density at radius 3 is 2.05 bits per heavy atom. The third-order valence-corrected chi connectivity index (χ3v) is 4.60. The highest BCUT2D eigenvalue weighted by Crippen LogP contribution is 2.36. The van der Waals surface area contributed by atoms with Gasteiger partial charge in [-0.25, -0.2) is 13.1 Å². The fourth-order valence-corrected chi connectivity index (χ4v) is 2.51. The van der Waals surface area contributed by atoms with Crippen LogP contribution in [0, 0.1) is 16.7 Å². The highest BCUT2D eigenvalue weighted by molar-refractivity contribution is 7.89. The molecule has 0 saturated heterocycles. The van der Waals surface area contributed by atoms with E-state index in [1.807, 2.05) is 20.8 Å². The number of carbonyl (C=O) groups is 1. The van der Waals surface area contributed by atoms with Crippen molar-refractivity contribution in [1.29, 1.82) is 0 Å². The van der Waals surface area contributed by atoms with Gasteiger partial charge in [-0.05, 0) is 24.2 Å². The first-order chi connectivity index (χ1) is 9.28. The Bertz CT molecular complexity index is 430. The summed E-state index contributed by atoms with van der Waals surface area (Å²) >= 11 is 0. The molecule has 0 fully saturated rings. The fourth-order valence-electron chi connectivity index (χ4n) is 1.91. The molecule has 0 aromatic heterocycles. The van der Waals surface area contributed by atoms with Gasteiger partial charge >= 0.3 is 5.97 Å². The van der Waals surface area contributed by atoms with Crippen molar-refractivity contribution >= 4 is 16.0 Å². The molecule has 0 aromatic carbocycles. The molecule has 6 heteroatoms. The summed E-state index contributed by atoms with van der Waals surface area (Å²) in [6, 6.07) is 0. The van der Waals surface area contributed by atoms with E-state index in [1.54, 1.807) is 6.92 Å². The largest absolute Gasteiger partial charge is 0.464 e. The molecule has 1 atom stereocenters. The SMILES string of the molecule is CCS(=O)(=O)NCCOC(=O)C(CC(C)(C)C)C(C)(C)C. The molecule has 0 aliphatic rings. The van der Waals surface area contributed by atoms with Crippen LogP contribution in [0.25, 0.3) is 0 Å². The molecule has 5 nitrogen and oxygen atoms in total. The summed E-state index contributed by atoms with van der Waals surface area (Å²) in [5.41, 5.74) is -0.159. The zero-order chi connectivity index (χ0) is 16.9. The summed E-state index contributed by atoms with van der Waals surface area (Å²) in [5, 5.41) is 0. The second kappa shape index (κ2) is 7.58. The van der Waals surface area contributed by atoms with Crippen molar-refractivity contribution in [3.8, 4) is 0 Å².